The first-order valence-corrected chi connectivity index (χ1v) is 8.07. The molecule has 18 heavy (non-hydrogen) atoms. The lowest BCUT2D eigenvalue weighted by Gasteiger charge is -2.28. The van der Waals surface area contributed by atoms with Crippen molar-refractivity contribution in [3.63, 3.8) is 0 Å². The quantitative estimate of drug-likeness (QED) is 0.453. The Hall–Kier alpha value is -0.750. The lowest BCUT2D eigenvalue weighted by Crippen LogP contribution is -2.31. The summed E-state index contributed by atoms with van der Waals surface area (Å²) in [7, 11) is 2.02. The van der Waals surface area contributed by atoms with Crippen molar-refractivity contribution in [2.75, 3.05) is 24.0 Å². The highest BCUT2D eigenvalue weighted by atomic mass is 79.9. The first kappa shape index (κ1) is 15.3. The van der Waals surface area contributed by atoms with Crippen molar-refractivity contribution >= 4 is 39.1 Å². The van der Waals surface area contributed by atoms with E-state index in [1.54, 1.807) is 23.9 Å². The molecule has 1 unspecified atom stereocenters. The molecule has 100 valence electrons. The van der Waals surface area contributed by atoms with Gasteiger partial charge in [0, 0.05) is 42.0 Å². The number of nitro groups is 1. The highest BCUT2D eigenvalue weighted by Crippen LogP contribution is 2.28. The predicted molar refractivity (Wildman–Crippen MR) is 82.0 cm³/mol. The van der Waals surface area contributed by atoms with E-state index in [0.29, 0.717) is 11.4 Å². The fraction of sp³-hybridized carbons (Fsp3) is 0.500. The second kappa shape index (κ2) is 6.99. The lowest BCUT2D eigenvalue weighted by atomic mass is 10.1. The maximum Gasteiger partial charge on any atom is 0.269 e. The topological polar surface area (TPSA) is 46.4 Å². The van der Waals surface area contributed by atoms with Gasteiger partial charge in [0.25, 0.3) is 5.69 Å². The van der Waals surface area contributed by atoms with E-state index in [4.69, 9.17) is 0 Å². The lowest BCUT2D eigenvalue weighted by molar-refractivity contribution is -0.384. The average molecular weight is 333 g/mol. The first-order valence-electron chi connectivity index (χ1n) is 5.56. The van der Waals surface area contributed by atoms with Gasteiger partial charge in [-0.3, -0.25) is 10.1 Å². The maximum absolute atomic E-state index is 10.8. The van der Waals surface area contributed by atoms with E-state index in [1.807, 2.05) is 13.1 Å². The number of non-ortho nitro benzene ring substituents is 1. The molecule has 0 saturated heterocycles. The third kappa shape index (κ3) is 3.62. The van der Waals surface area contributed by atoms with Gasteiger partial charge in [0.1, 0.15) is 0 Å². The molecule has 0 aliphatic heterocycles. The van der Waals surface area contributed by atoms with Crippen molar-refractivity contribution in [2.45, 2.75) is 18.3 Å². The molecular weight excluding hydrogens is 316 g/mol. The summed E-state index contributed by atoms with van der Waals surface area (Å²) in [6.45, 7) is 2.15. The molecule has 0 fully saturated rings. The van der Waals surface area contributed by atoms with Crippen molar-refractivity contribution < 1.29 is 4.92 Å². The minimum atomic E-state index is -0.360. The average Bonchev–Trinajstić information content (AvgIpc) is 2.37. The van der Waals surface area contributed by atoms with Crippen LogP contribution >= 0.6 is 27.7 Å². The second-order valence-electron chi connectivity index (χ2n) is 4.12. The Labute approximate surface area is 120 Å². The fourth-order valence-electron chi connectivity index (χ4n) is 1.73. The molecule has 1 rings (SSSR count). The molecule has 0 aliphatic carbocycles. The SMILES string of the molecule is CSCC(C)N(C)c1ccc([N+](=O)[O-])cc1CBr. The number of anilines is 1. The number of halogens is 1. The molecule has 0 aromatic heterocycles. The summed E-state index contributed by atoms with van der Waals surface area (Å²) in [4.78, 5) is 12.6. The number of thioether (sulfide) groups is 1. The smallest absolute Gasteiger partial charge is 0.269 e. The summed E-state index contributed by atoms with van der Waals surface area (Å²) in [5.74, 6) is 1.02. The molecule has 1 aromatic rings. The van der Waals surface area contributed by atoms with Crippen LogP contribution < -0.4 is 4.90 Å². The Kier molecular flexibility index (Phi) is 5.95. The number of rotatable bonds is 6. The zero-order valence-electron chi connectivity index (χ0n) is 10.7. The molecule has 0 aliphatic rings. The highest BCUT2D eigenvalue weighted by molar-refractivity contribution is 9.08. The molecule has 0 saturated carbocycles. The van der Waals surface area contributed by atoms with Gasteiger partial charge < -0.3 is 4.90 Å². The van der Waals surface area contributed by atoms with Crippen LogP contribution in [0.1, 0.15) is 12.5 Å². The summed E-state index contributed by atoms with van der Waals surface area (Å²) >= 11 is 5.19. The van der Waals surface area contributed by atoms with Crippen molar-refractivity contribution in [2.24, 2.45) is 0 Å². The van der Waals surface area contributed by atoms with Crippen molar-refractivity contribution in [3.05, 3.63) is 33.9 Å². The molecular formula is C12H17BrN2O2S. The van der Waals surface area contributed by atoms with E-state index in [9.17, 15) is 10.1 Å². The van der Waals surface area contributed by atoms with Gasteiger partial charge in [-0.15, -0.1) is 0 Å². The van der Waals surface area contributed by atoms with Crippen molar-refractivity contribution in [3.8, 4) is 0 Å². The van der Waals surface area contributed by atoms with Crippen LogP contribution in [0.3, 0.4) is 0 Å². The van der Waals surface area contributed by atoms with Crippen LogP contribution in [0.15, 0.2) is 18.2 Å². The zero-order valence-corrected chi connectivity index (χ0v) is 13.1. The molecule has 0 spiro atoms. The minimum Gasteiger partial charge on any atom is -0.371 e. The highest BCUT2D eigenvalue weighted by Gasteiger charge is 2.16. The van der Waals surface area contributed by atoms with Crippen LogP contribution in [0.4, 0.5) is 11.4 Å². The molecule has 4 nitrogen and oxygen atoms in total. The summed E-state index contributed by atoms with van der Waals surface area (Å²) in [5, 5.41) is 11.4. The number of hydrogen-bond acceptors (Lipinski definition) is 4. The van der Waals surface area contributed by atoms with E-state index >= 15 is 0 Å². The predicted octanol–water partition coefficient (Wildman–Crippen LogP) is 3.68. The normalized spacial score (nSPS) is 12.2. The number of nitrogens with zero attached hydrogens (tertiary/aromatic N) is 2. The van der Waals surface area contributed by atoms with Crippen LogP contribution in [0.25, 0.3) is 0 Å². The van der Waals surface area contributed by atoms with Crippen LogP contribution in [0, 0.1) is 10.1 Å². The molecule has 0 N–H and O–H groups in total. The van der Waals surface area contributed by atoms with Crippen molar-refractivity contribution in [1.29, 1.82) is 0 Å². The first-order chi connectivity index (χ1) is 8.51. The molecule has 1 aromatic carbocycles. The van der Waals surface area contributed by atoms with E-state index in [2.05, 4.69) is 34.0 Å². The van der Waals surface area contributed by atoms with Crippen LogP contribution in [-0.4, -0.2) is 30.0 Å². The monoisotopic (exact) mass is 332 g/mol. The van der Waals surface area contributed by atoms with Gasteiger partial charge in [-0.1, -0.05) is 15.9 Å². The molecule has 0 heterocycles. The summed E-state index contributed by atoms with van der Waals surface area (Å²) in [6, 6.07) is 5.40. The van der Waals surface area contributed by atoms with Gasteiger partial charge in [0.15, 0.2) is 0 Å². The van der Waals surface area contributed by atoms with Crippen LogP contribution in [0.5, 0.6) is 0 Å². The van der Waals surface area contributed by atoms with E-state index in [-0.39, 0.29) is 10.6 Å². The number of alkyl halides is 1. The summed E-state index contributed by atoms with van der Waals surface area (Å²) in [5.41, 5.74) is 2.12. The van der Waals surface area contributed by atoms with Crippen LogP contribution in [0.2, 0.25) is 0 Å². The number of hydrogen-bond donors (Lipinski definition) is 0. The Morgan fingerprint density at radius 3 is 2.72 bits per heavy atom. The van der Waals surface area contributed by atoms with Crippen molar-refractivity contribution in [1.82, 2.24) is 0 Å². The Morgan fingerprint density at radius 2 is 2.22 bits per heavy atom. The Bertz CT molecular complexity index is 429. The Morgan fingerprint density at radius 1 is 1.56 bits per heavy atom. The van der Waals surface area contributed by atoms with Gasteiger partial charge in [0.05, 0.1) is 4.92 Å². The fourth-order valence-corrected chi connectivity index (χ4v) is 2.88. The third-order valence-electron chi connectivity index (χ3n) is 2.87. The second-order valence-corrected chi connectivity index (χ2v) is 5.59. The molecule has 6 heteroatoms. The van der Waals surface area contributed by atoms with Gasteiger partial charge >= 0.3 is 0 Å². The minimum absolute atomic E-state index is 0.138. The summed E-state index contributed by atoms with van der Waals surface area (Å²) in [6.07, 6.45) is 2.07. The maximum atomic E-state index is 10.8. The molecule has 0 bridgehead atoms. The van der Waals surface area contributed by atoms with Gasteiger partial charge in [-0.25, -0.2) is 0 Å². The standard InChI is InChI=1S/C12H17BrN2O2S/c1-9(8-18-3)14(2)12-5-4-11(15(16)17)6-10(12)7-13/h4-6,9H,7-8H2,1-3H3. The van der Waals surface area contributed by atoms with Gasteiger partial charge in [-0.05, 0) is 24.8 Å². The zero-order chi connectivity index (χ0) is 13.7. The van der Waals surface area contributed by atoms with Gasteiger partial charge in [0.2, 0.25) is 0 Å². The number of benzene rings is 1. The largest absolute Gasteiger partial charge is 0.371 e. The molecule has 1 atom stereocenters. The number of nitro benzene ring substituents is 1. The van der Waals surface area contributed by atoms with E-state index in [1.165, 1.54) is 0 Å². The van der Waals surface area contributed by atoms with Crippen LogP contribution in [-0.2, 0) is 5.33 Å². The third-order valence-corrected chi connectivity index (χ3v) is 4.29. The molecule has 0 amide bonds. The van der Waals surface area contributed by atoms with Gasteiger partial charge in [-0.2, -0.15) is 11.8 Å². The summed E-state index contributed by atoms with van der Waals surface area (Å²) < 4.78 is 0. The Balaban J connectivity index is 3.05. The van der Waals surface area contributed by atoms with E-state index < -0.39 is 0 Å². The van der Waals surface area contributed by atoms with E-state index in [0.717, 1.165) is 17.0 Å². The molecule has 0 radical (unpaired) electrons.